The van der Waals surface area contributed by atoms with Crippen LogP contribution in [0.4, 0.5) is 0 Å². The molecule has 1 aromatic carbocycles. The van der Waals surface area contributed by atoms with Crippen LogP contribution in [0.25, 0.3) is 10.8 Å². The van der Waals surface area contributed by atoms with Crippen molar-refractivity contribution in [3.63, 3.8) is 0 Å². The molecule has 2 aliphatic carbocycles. The highest BCUT2D eigenvalue weighted by molar-refractivity contribution is 7.87. The van der Waals surface area contributed by atoms with Crippen LogP contribution in [0.15, 0.2) is 37.1 Å². The van der Waals surface area contributed by atoms with E-state index in [1.807, 2.05) is 18.2 Å². The van der Waals surface area contributed by atoms with Crippen LogP contribution < -0.4 is 19.5 Å². The Morgan fingerprint density at radius 3 is 2.55 bits per heavy atom. The Morgan fingerprint density at radius 2 is 1.87 bits per heavy atom. The predicted octanol–water partition coefficient (Wildman–Crippen LogP) is 4.07. The molecule has 3 fully saturated rings. The molecular formula is C40H55N5O9S. The van der Waals surface area contributed by atoms with Crippen LogP contribution in [0, 0.1) is 23.2 Å². The summed E-state index contributed by atoms with van der Waals surface area (Å²) in [7, 11) is 0.0465. The van der Waals surface area contributed by atoms with Gasteiger partial charge in [0.2, 0.25) is 17.7 Å². The number of cyclic esters (lactones) is 1. The molecule has 3 heterocycles. The average molecular weight is 782 g/mol. The Balaban J connectivity index is 1.37. The number of carbonyl (C=O) groups is 4. The molecule has 15 heteroatoms. The summed E-state index contributed by atoms with van der Waals surface area (Å²) >= 11 is 0. The highest BCUT2D eigenvalue weighted by Gasteiger charge is 2.61. The zero-order valence-corrected chi connectivity index (χ0v) is 33.4. The van der Waals surface area contributed by atoms with E-state index in [4.69, 9.17) is 14.2 Å². The number of benzene rings is 1. The molecule has 0 spiro atoms. The number of nitrogens with zero attached hydrogens (tertiary/aromatic N) is 3. The summed E-state index contributed by atoms with van der Waals surface area (Å²) in [5.41, 5.74) is -0.927. The minimum atomic E-state index is -4.16. The number of ether oxygens (including phenoxy) is 3. The van der Waals surface area contributed by atoms with Gasteiger partial charge in [0, 0.05) is 38.0 Å². The molecular weight excluding hydrogens is 727 g/mol. The summed E-state index contributed by atoms with van der Waals surface area (Å²) in [6.07, 6.45) is 9.32. The van der Waals surface area contributed by atoms with Crippen LogP contribution in [-0.4, -0.2) is 98.3 Å². The van der Waals surface area contributed by atoms with Gasteiger partial charge in [-0.25, -0.2) is 9.71 Å². The molecule has 3 amide bonds. The molecule has 4 bridgehead atoms. The number of carbonyl (C=O) groups excluding carboxylic acids is 4. The highest BCUT2D eigenvalue weighted by Crippen LogP contribution is 2.45. The molecule has 2 aromatic rings. The molecule has 300 valence electrons. The van der Waals surface area contributed by atoms with Gasteiger partial charge in [0.25, 0.3) is 5.91 Å². The Bertz CT molecular complexity index is 1930. The minimum Gasteiger partial charge on any atom is -0.496 e. The standard InChI is InChI=1S/C40H55N5O9S/c1-7-28-22-40(28,38(49)43-55(50,51)44(4)5)42-35(47)32-20-29-23-45(32)37(48)31(25-12-9-8-10-13-25)21-34(46)53-24-39(2,3)16-11-14-27-18-30-26(19-33(27)52-6)15-17-41-36(30)54-29/h7,15,17-19,25,28-29,31-32H,1,8-14,16,20-24H2,2-6H3,(H,42,47)(H,43,49)/t28-,29+,31-,32-,40+/m0/s1. The number of methoxy groups -OCH3 is 1. The van der Waals surface area contributed by atoms with Gasteiger partial charge in [-0.05, 0) is 79.0 Å². The summed E-state index contributed by atoms with van der Waals surface area (Å²) in [4.78, 5) is 62.5. The second kappa shape index (κ2) is 16.1. The van der Waals surface area contributed by atoms with Gasteiger partial charge >= 0.3 is 16.2 Å². The number of nitrogens with one attached hydrogen (secondary N) is 2. The number of rotatable bonds is 8. The van der Waals surface area contributed by atoms with Crippen molar-refractivity contribution in [3.05, 3.63) is 42.6 Å². The van der Waals surface area contributed by atoms with Crippen molar-refractivity contribution in [2.24, 2.45) is 23.2 Å². The molecule has 4 aliphatic rings. The molecule has 0 radical (unpaired) electrons. The van der Waals surface area contributed by atoms with Crippen molar-refractivity contribution >= 4 is 44.7 Å². The largest absolute Gasteiger partial charge is 0.496 e. The first-order chi connectivity index (χ1) is 26.1. The van der Waals surface area contributed by atoms with Crippen molar-refractivity contribution in [2.45, 2.75) is 102 Å². The van der Waals surface area contributed by atoms with Gasteiger partial charge in [-0.3, -0.25) is 19.2 Å². The number of esters is 1. The summed E-state index contributed by atoms with van der Waals surface area (Å²) in [5, 5.41) is 4.45. The molecule has 1 aromatic heterocycles. The summed E-state index contributed by atoms with van der Waals surface area (Å²) in [6, 6.07) is 4.75. The van der Waals surface area contributed by atoms with Gasteiger partial charge in [0.15, 0.2) is 0 Å². The first-order valence-corrected chi connectivity index (χ1v) is 20.8. The number of aryl methyl sites for hydroxylation is 1. The van der Waals surface area contributed by atoms with Crippen LogP contribution in [0.3, 0.4) is 0 Å². The highest BCUT2D eigenvalue weighted by atomic mass is 32.2. The zero-order chi connectivity index (χ0) is 39.7. The van der Waals surface area contributed by atoms with E-state index in [1.165, 1.54) is 25.1 Å². The fourth-order valence-electron chi connectivity index (χ4n) is 8.42. The fourth-order valence-corrected chi connectivity index (χ4v) is 9.02. The number of aromatic nitrogens is 1. The van der Waals surface area contributed by atoms with E-state index >= 15 is 0 Å². The normalized spacial score (nSPS) is 27.8. The fraction of sp³-hybridized carbons (Fsp3) is 0.625. The van der Waals surface area contributed by atoms with E-state index in [9.17, 15) is 27.6 Å². The van der Waals surface area contributed by atoms with Crippen LogP contribution >= 0.6 is 0 Å². The van der Waals surface area contributed by atoms with Crippen LogP contribution in [0.1, 0.15) is 83.6 Å². The van der Waals surface area contributed by atoms with E-state index in [0.717, 1.165) is 71.3 Å². The number of hydrogen-bond donors (Lipinski definition) is 2. The molecule has 1 saturated heterocycles. The Labute approximate surface area is 323 Å². The first kappa shape index (κ1) is 40.4. The van der Waals surface area contributed by atoms with Crippen molar-refractivity contribution < 1.29 is 41.8 Å². The summed E-state index contributed by atoms with van der Waals surface area (Å²) in [6.45, 7) is 8.13. The van der Waals surface area contributed by atoms with Gasteiger partial charge in [-0.1, -0.05) is 39.2 Å². The third-order valence-corrected chi connectivity index (χ3v) is 13.3. The lowest BCUT2D eigenvalue weighted by Gasteiger charge is -2.34. The van der Waals surface area contributed by atoms with E-state index in [-0.39, 0.29) is 49.7 Å². The second-order valence-corrected chi connectivity index (χ2v) is 18.5. The molecule has 0 unspecified atom stereocenters. The Kier molecular flexibility index (Phi) is 11.8. The monoisotopic (exact) mass is 781 g/mol. The van der Waals surface area contributed by atoms with Crippen molar-refractivity contribution in [3.8, 4) is 11.6 Å². The maximum absolute atomic E-state index is 14.9. The predicted molar refractivity (Wildman–Crippen MR) is 205 cm³/mol. The lowest BCUT2D eigenvalue weighted by molar-refractivity contribution is -0.154. The van der Waals surface area contributed by atoms with Crippen LogP contribution in [-0.2, 0) is 40.5 Å². The first-order valence-electron chi connectivity index (χ1n) is 19.3. The zero-order valence-electron chi connectivity index (χ0n) is 32.6. The third kappa shape index (κ3) is 8.77. The Morgan fingerprint density at radius 1 is 1.13 bits per heavy atom. The van der Waals surface area contributed by atoms with E-state index < -0.39 is 57.5 Å². The molecule has 6 rings (SSSR count). The number of hydrogen-bond acceptors (Lipinski definition) is 10. The lowest BCUT2D eigenvalue weighted by atomic mass is 9.77. The van der Waals surface area contributed by atoms with Gasteiger partial charge in [0.1, 0.15) is 23.4 Å². The van der Waals surface area contributed by atoms with Gasteiger partial charge in [-0.15, -0.1) is 6.58 Å². The second-order valence-electron chi connectivity index (χ2n) is 16.6. The number of fused-ring (bicyclic) bond motifs is 3. The van der Waals surface area contributed by atoms with E-state index in [2.05, 4.69) is 35.4 Å². The molecule has 5 atom stereocenters. The van der Waals surface area contributed by atoms with Crippen molar-refractivity contribution in [2.75, 3.05) is 34.4 Å². The third-order valence-electron chi connectivity index (χ3n) is 11.9. The van der Waals surface area contributed by atoms with Crippen LogP contribution in [0.5, 0.6) is 11.6 Å². The number of pyridine rings is 1. The SMILES string of the molecule is C=C[C@H]1C[C@]1(NC(=O)[C@@H]1C[C@@H]2CN1C(=O)[C@H](C1CCCCC1)CC(=O)OCC(C)(C)CCCc1cc3c(nccc3cc1OC)O2)C(=O)NS(=O)(=O)N(C)C. The molecule has 2 aliphatic heterocycles. The van der Waals surface area contributed by atoms with Crippen molar-refractivity contribution in [1.82, 2.24) is 24.2 Å². The quantitative estimate of drug-likeness (QED) is 0.294. The lowest BCUT2D eigenvalue weighted by Crippen LogP contribution is -2.57. The maximum atomic E-state index is 14.9. The van der Waals surface area contributed by atoms with E-state index in [1.54, 1.807) is 13.3 Å². The van der Waals surface area contributed by atoms with Crippen molar-refractivity contribution in [1.29, 1.82) is 0 Å². The van der Waals surface area contributed by atoms with Crippen LogP contribution in [0.2, 0.25) is 0 Å². The summed E-state index contributed by atoms with van der Waals surface area (Å²) in [5.74, 6) is -2.57. The molecule has 14 nitrogen and oxygen atoms in total. The average Bonchev–Trinajstić information content (AvgIpc) is 3.71. The molecule has 55 heavy (non-hydrogen) atoms. The Hall–Kier alpha value is -4.24. The smallest absolute Gasteiger partial charge is 0.306 e. The maximum Gasteiger partial charge on any atom is 0.306 e. The minimum absolute atomic E-state index is 0.0301. The van der Waals surface area contributed by atoms with Gasteiger partial charge in [-0.2, -0.15) is 12.7 Å². The van der Waals surface area contributed by atoms with E-state index in [0.29, 0.717) is 12.3 Å². The summed E-state index contributed by atoms with van der Waals surface area (Å²) < 4.78 is 46.4. The molecule has 2 N–H and O–H groups in total. The molecule has 2 saturated carbocycles. The topological polar surface area (TPSA) is 174 Å². The van der Waals surface area contributed by atoms with Gasteiger partial charge in [0.05, 0.1) is 32.6 Å². The van der Waals surface area contributed by atoms with Gasteiger partial charge < -0.3 is 24.4 Å². The number of amides is 3.